The average Bonchev–Trinajstić information content (AvgIpc) is 2.83. The molecule has 4 rings (SSSR count). The molecule has 3 aromatic rings. The van der Waals surface area contributed by atoms with Crippen LogP contribution in [0.1, 0.15) is 49.4 Å². The van der Waals surface area contributed by atoms with Crippen molar-refractivity contribution in [2.24, 2.45) is 5.10 Å². The van der Waals surface area contributed by atoms with Crippen LogP contribution in [-0.4, -0.2) is 35.6 Å². The van der Waals surface area contributed by atoms with Crippen molar-refractivity contribution in [2.45, 2.75) is 38.0 Å². The molecule has 0 radical (unpaired) electrons. The fourth-order valence-corrected chi connectivity index (χ4v) is 4.24. The fourth-order valence-electron chi connectivity index (χ4n) is 3.88. The molecule has 1 aliphatic carbocycles. The van der Waals surface area contributed by atoms with Gasteiger partial charge in [0, 0.05) is 10.4 Å². The number of ether oxygens (including phenoxy) is 2. The van der Waals surface area contributed by atoms with E-state index < -0.39 is 5.97 Å². The quantitative estimate of drug-likeness (QED) is 0.365. The summed E-state index contributed by atoms with van der Waals surface area (Å²) in [5, 5.41) is 5.06. The van der Waals surface area contributed by atoms with E-state index in [2.05, 4.69) is 25.8 Å². The molecule has 1 aromatic heterocycles. The van der Waals surface area contributed by atoms with Crippen molar-refractivity contribution in [3.05, 3.63) is 68.7 Å². The van der Waals surface area contributed by atoms with Crippen LogP contribution in [0.3, 0.4) is 0 Å². The monoisotopic (exact) mass is 497 g/mol. The minimum Gasteiger partial charge on any atom is -0.482 e. The number of halogens is 1. The third kappa shape index (κ3) is 5.07. The number of hydrogen-bond donors (Lipinski definition) is 0. The molecule has 0 bridgehead atoms. The summed E-state index contributed by atoms with van der Waals surface area (Å²) >= 11 is 3.44. The highest BCUT2D eigenvalue weighted by Crippen LogP contribution is 2.32. The summed E-state index contributed by atoms with van der Waals surface area (Å²) in [6, 6.07) is 12.7. The van der Waals surface area contributed by atoms with Gasteiger partial charge in [0.05, 0.1) is 24.2 Å². The van der Waals surface area contributed by atoms with Crippen LogP contribution in [0.5, 0.6) is 5.75 Å². The third-order valence-corrected chi connectivity index (χ3v) is 6.08. The van der Waals surface area contributed by atoms with Crippen LogP contribution in [0.4, 0.5) is 0 Å². The van der Waals surface area contributed by atoms with E-state index in [4.69, 9.17) is 9.72 Å². The Morgan fingerprint density at radius 3 is 2.66 bits per heavy atom. The van der Waals surface area contributed by atoms with E-state index in [1.165, 1.54) is 18.2 Å². The molecular formula is C24H24BrN3O4. The summed E-state index contributed by atoms with van der Waals surface area (Å²) < 4.78 is 12.2. The normalized spacial score (nSPS) is 14.7. The van der Waals surface area contributed by atoms with Gasteiger partial charge in [0.15, 0.2) is 6.61 Å². The first-order valence-electron chi connectivity index (χ1n) is 10.6. The summed E-state index contributed by atoms with van der Waals surface area (Å²) in [5.74, 6) is 1.04. The lowest BCUT2D eigenvalue weighted by Crippen LogP contribution is -2.25. The number of nitrogens with zero attached hydrogens (tertiary/aromatic N) is 3. The van der Waals surface area contributed by atoms with Gasteiger partial charge in [-0.2, -0.15) is 9.78 Å². The van der Waals surface area contributed by atoms with Crippen molar-refractivity contribution >= 4 is 39.0 Å². The maximum absolute atomic E-state index is 13.3. The molecule has 1 fully saturated rings. The Hall–Kier alpha value is -3.00. The molecule has 0 N–H and O–H groups in total. The lowest BCUT2D eigenvalue weighted by Gasteiger charge is -2.22. The van der Waals surface area contributed by atoms with E-state index in [1.54, 1.807) is 24.4 Å². The second-order valence-corrected chi connectivity index (χ2v) is 8.68. The molecule has 1 heterocycles. The molecule has 0 unspecified atom stereocenters. The predicted molar refractivity (Wildman–Crippen MR) is 126 cm³/mol. The number of carbonyl (C=O) groups is 1. The number of hydrogen-bond acceptors (Lipinski definition) is 6. The zero-order chi connectivity index (χ0) is 22.5. The van der Waals surface area contributed by atoms with E-state index in [0.29, 0.717) is 16.7 Å². The second kappa shape index (κ2) is 10.1. The van der Waals surface area contributed by atoms with E-state index >= 15 is 0 Å². The fraction of sp³-hybridized carbons (Fsp3) is 0.333. The van der Waals surface area contributed by atoms with Crippen molar-refractivity contribution in [1.82, 2.24) is 9.66 Å². The van der Waals surface area contributed by atoms with Crippen LogP contribution in [0, 0.1) is 0 Å². The second-order valence-electron chi connectivity index (χ2n) is 7.76. The molecule has 1 aliphatic rings. The smallest absolute Gasteiger partial charge is 0.343 e. The van der Waals surface area contributed by atoms with Gasteiger partial charge < -0.3 is 9.47 Å². The predicted octanol–water partition coefficient (Wildman–Crippen LogP) is 4.64. The minimum absolute atomic E-state index is 0.150. The number of rotatable bonds is 6. The third-order valence-electron chi connectivity index (χ3n) is 5.59. The van der Waals surface area contributed by atoms with Gasteiger partial charge in [-0.15, -0.1) is 0 Å². The number of carbonyl (C=O) groups excluding carboxylic acids is 1. The Bertz CT molecular complexity index is 1200. The van der Waals surface area contributed by atoms with E-state index in [-0.39, 0.29) is 18.1 Å². The zero-order valence-electron chi connectivity index (χ0n) is 17.8. The highest BCUT2D eigenvalue weighted by molar-refractivity contribution is 9.10. The molecule has 0 amide bonds. The maximum atomic E-state index is 13.3. The molecule has 0 atom stereocenters. The van der Waals surface area contributed by atoms with Crippen molar-refractivity contribution < 1.29 is 14.3 Å². The van der Waals surface area contributed by atoms with E-state index in [9.17, 15) is 9.59 Å². The topological polar surface area (TPSA) is 82.8 Å². The molecule has 32 heavy (non-hydrogen) atoms. The standard InChI is InChI=1S/C24H24BrN3O4/c1-31-22(29)15-32-19-10-7-16(8-11-19)14-26-28-23(17-5-3-2-4-6-17)27-21-12-9-18(25)13-20(21)24(28)30/h7-14,17H,2-6,15H2,1H3. The van der Waals surface area contributed by atoms with Crippen molar-refractivity contribution in [3.63, 3.8) is 0 Å². The van der Waals surface area contributed by atoms with Gasteiger partial charge in [-0.25, -0.2) is 9.78 Å². The van der Waals surface area contributed by atoms with Crippen LogP contribution in [-0.2, 0) is 9.53 Å². The highest BCUT2D eigenvalue weighted by Gasteiger charge is 2.22. The Labute approximate surface area is 194 Å². The summed E-state index contributed by atoms with van der Waals surface area (Å²) in [7, 11) is 1.31. The SMILES string of the molecule is COC(=O)COc1ccc(C=Nn2c(C3CCCCC3)nc3ccc(Br)cc3c2=O)cc1. The summed E-state index contributed by atoms with van der Waals surface area (Å²) in [5.41, 5.74) is 1.31. The van der Waals surface area contributed by atoms with Crippen molar-refractivity contribution in [1.29, 1.82) is 0 Å². The number of methoxy groups -OCH3 is 1. The van der Waals surface area contributed by atoms with Crippen molar-refractivity contribution in [2.75, 3.05) is 13.7 Å². The first-order valence-corrected chi connectivity index (χ1v) is 11.4. The maximum Gasteiger partial charge on any atom is 0.343 e. The van der Waals surface area contributed by atoms with E-state index in [0.717, 1.165) is 41.5 Å². The molecular weight excluding hydrogens is 474 g/mol. The van der Waals surface area contributed by atoms with Crippen LogP contribution in [0.15, 0.2) is 56.8 Å². The average molecular weight is 498 g/mol. The summed E-state index contributed by atoms with van der Waals surface area (Å²) in [6.45, 7) is -0.150. The number of aromatic nitrogens is 2. The van der Waals surface area contributed by atoms with Gasteiger partial charge in [0.2, 0.25) is 0 Å². The number of esters is 1. The van der Waals surface area contributed by atoms with E-state index in [1.807, 2.05) is 24.3 Å². The Morgan fingerprint density at radius 2 is 1.94 bits per heavy atom. The highest BCUT2D eigenvalue weighted by atomic mass is 79.9. The first kappa shape index (κ1) is 22.2. The van der Waals surface area contributed by atoms with Crippen molar-refractivity contribution in [3.8, 4) is 5.75 Å². The Kier molecular flexibility index (Phi) is 6.99. The van der Waals surface area contributed by atoms with Crippen LogP contribution < -0.4 is 10.3 Å². The first-order chi connectivity index (χ1) is 15.5. The Balaban J connectivity index is 1.66. The lowest BCUT2D eigenvalue weighted by molar-refractivity contribution is -0.142. The molecule has 0 saturated heterocycles. The molecule has 1 saturated carbocycles. The zero-order valence-corrected chi connectivity index (χ0v) is 19.4. The molecule has 7 nitrogen and oxygen atoms in total. The van der Waals surface area contributed by atoms with Gasteiger partial charge in [-0.3, -0.25) is 4.79 Å². The van der Waals surface area contributed by atoms with Crippen LogP contribution in [0.2, 0.25) is 0 Å². The number of benzene rings is 2. The molecule has 166 valence electrons. The largest absolute Gasteiger partial charge is 0.482 e. The molecule has 2 aromatic carbocycles. The lowest BCUT2D eigenvalue weighted by atomic mass is 9.88. The van der Waals surface area contributed by atoms with Gasteiger partial charge in [-0.05, 0) is 60.9 Å². The molecule has 8 heteroatoms. The molecule has 0 spiro atoms. The van der Waals surface area contributed by atoms with Gasteiger partial charge in [-0.1, -0.05) is 35.2 Å². The number of fused-ring (bicyclic) bond motifs is 1. The van der Waals surface area contributed by atoms with Gasteiger partial charge in [0.1, 0.15) is 11.6 Å². The van der Waals surface area contributed by atoms with Crippen LogP contribution in [0.25, 0.3) is 10.9 Å². The van der Waals surface area contributed by atoms with Crippen LogP contribution >= 0.6 is 15.9 Å². The summed E-state index contributed by atoms with van der Waals surface area (Å²) in [6.07, 6.45) is 7.15. The molecule has 0 aliphatic heterocycles. The summed E-state index contributed by atoms with van der Waals surface area (Å²) in [4.78, 5) is 29.4. The van der Waals surface area contributed by atoms with Gasteiger partial charge >= 0.3 is 5.97 Å². The van der Waals surface area contributed by atoms with Gasteiger partial charge in [0.25, 0.3) is 5.56 Å². The minimum atomic E-state index is -0.444. The Morgan fingerprint density at radius 1 is 1.19 bits per heavy atom.